The van der Waals surface area contributed by atoms with Gasteiger partial charge in [-0.3, -0.25) is 4.79 Å². The molecule has 0 bridgehead atoms. The SMILES string of the molecule is CCCCCCCCCC/C=C\CCCCCCCCCCCCCCCCCCCCCCCC(=O)NC(COC1OC(CO)C(OC2OC(CO)C(O)C(O)C2O)C(O)C1O)C(O)/C=C/CCCCCCCCCCCCCCCC. The Morgan fingerprint density at radius 3 is 1.14 bits per heavy atom. The second-order valence-corrected chi connectivity index (χ2v) is 25.0. The standard InChI is InChI=1S/C69H131NO13/c1-3-5-7-9-11-13-15-17-19-21-22-23-24-25-26-27-28-29-30-31-32-33-34-35-36-37-39-41-43-45-47-49-51-53-61(74)70-57(58(73)52-50-48-46-44-42-40-38-20-18-16-14-12-10-8-6-4-2)56-80-68-66(79)64(77)67(60(55-72)82-68)83-69-65(78)63(76)62(75)59(54-71)81-69/h21-22,50,52,57-60,62-69,71-73,75-79H,3-20,23-49,51,53-56H2,1-2H3,(H,70,74)/b22-21-,52-50+. The maximum atomic E-state index is 13.3. The molecule has 83 heavy (non-hydrogen) atoms. The third-order valence-corrected chi connectivity index (χ3v) is 17.4. The molecule has 0 saturated carbocycles. The highest BCUT2D eigenvalue weighted by Gasteiger charge is 2.51. The normalized spacial score (nSPS) is 23.9. The molecule has 490 valence electrons. The molecular formula is C69H131NO13. The number of hydrogen-bond acceptors (Lipinski definition) is 13. The first-order valence-corrected chi connectivity index (χ1v) is 35.1. The quantitative estimate of drug-likeness (QED) is 0.0204. The number of rotatable bonds is 58. The molecule has 2 aliphatic heterocycles. The average molecular weight is 1180 g/mol. The van der Waals surface area contributed by atoms with Crippen molar-refractivity contribution >= 4 is 5.91 Å². The van der Waals surface area contributed by atoms with Gasteiger partial charge in [-0.2, -0.15) is 0 Å². The fourth-order valence-electron chi connectivity index (χ4n) is 11.8. The lowest BCUT2D eigenvalue weighted by atomic mass is 9.97. The summed E-state index contributed by atoms with van der Waals surface area (Å²) in [6.45, 7) is 2.84. The zero-order valence-electron chi connectivity index (χ0n) is 53.2. The first-order chi connectivity index (χ1) is 40.6. The summed E-state index contributed by atoms with van der Waals surface area (Å²) in [6, 6.07) is -0.912. The van der Waals surface area contributed by atoms with Crippen molar-refractivity contribution in [3.05, 3.63) is 24.3 Å². The zero-order valence-corrected chi connectivity index (χ0v) is 53.2. The molecule has 0 spiro atoms. The van der Waals surface area contributed by atoms with E-state index < -0.39 is 86.8 Å². The molecule has 12 atom stereocenters. The third kappa shape index (κ3) is 39.2. The van der Waals surface area contributed by atoms with E-state index in [1.54, 1.807) is 6.08 Å². The van der Waals surface area contributed by atoms with E-state index >= 15 is 0 Å². The van der Waals surface area contributed by atoms with Crippen molar-refractivity contribution in [1.82, 2.24) is 5.32 Å². The maximum absolute atomic E-state index is 13.3. The van der Waals surface area contributed by atoms with Crippen molar-refractivity contribution in [1.29, 1.82) is 0 Å². The van der Waals surface area contributed by atoms with Crippen molar-refractivity contribution in [3.63, 3.8) is 0 Å². The van der Waals surface area contributed by atoms with Gasteiger partial charge in [-0.25, -0.2) is 0 Å². The summed E-state index contributed by atoms with van der Waals surface area (Å²) < 4.78 is 22.8. The molecule has 2 heterocycles. The molecule has 9 N–H and O–H groups in total. The van der Waals surface area contributed by atoms with E-state index in [1.807, 2.05) is 6.08 Å². The van der Waals surface area contributed by atoms with Gasteiger partial charge < -0.3 is 65.1 Å². The minimum Gasteiger partial charge on any atom is -0.394 e. The van der Waals surface area contributed by atoms with Gasteiger partial charge in [0.15, 0.2) is 12.6 Å². The van der Waals surface area contributed by atoms with E-state index in [0.29, 0.717) is 6.42 Å². The topological polar surface area (TPSA) is 228 Å². The molecule has 0 aromatic carbocycles. The average Bonchev–Trinajstić information content (AvgIpc) is 3.63. The van der Waals surface area contributed by atoms with Crippen molar-refractivity contribution in [2.45, 2.75) is 389 Å². The molecule has 0 aliphatic carbocycles. The Balaban J connectivity index is 1.62. The summed E-state index contributed by atoms with van der Waals surface area (Å²) >= 11 is 0. The van der Waals surface area contributed by atoms with Crippen LogP contribution in [0.3, 0.4) is 0 Å². The van der Waals surface area contributed by atoms with Crippen molar-refractivity contribution < 1.29 is 64.6 Å². The number of carbonyl (C=O) groups is 1. The van der Waals surface area contributed by atoms with Crippen LogP contribution in [-0.4, -0.2) is 140 Å². The van der Waals surface area contributed by atoms with E-state index in [0.717, 1.165) is 38.5 Å². The number of nitrogens with one attached hydrogen (secondary N) is 1. The monoisotopic (exact) mass is 1180 g/mol. The lowest BCUT2D eigenvalue weighted by Gasteiger charge is -2.46. The van der Waals surface area contributed by atoms with Gasteiger partial charge in [0.2, 0.25) is 5.91 Å². The first-order valence-electron chi connectivity index (χ1n) is 35.1. The second-order valence-electron chi connectivity index (χ2n) is 25.0. The largest absolute Gasteiger partial charge is 0.394 e. The van der Waals surface area contributed by atoms with Crippen molar-refractivity contribution in [2.24, 2.45) is 0 Å². The van der Waals surface area contributed by atoms with Crippen LogP contribution in [-0.2, 0) is 23.7 Å². The van der Waals surface area contributed by atoms with Crippen LogP contribution in [0.4, 0.5) is 0 Å². The summed E-state index contributed by atoms with van der Waals surface area (Å²) in [6.07, 6.45) is 51.0. The molecule has 1 amide bonds. The Bertz CT molecular complexity index is 1490. The fourth-order valence-corrected chi connectivity index (χ4v) is 11.8. The Hall–Kier alpha value is -1.53. The fraction of sp³-hybridized carbons (Fsp3) is 0.928. The van der Waals surface area contributed by atoms with E-state index in [4.69, 9.17) is 18.9 Å². The number of hydrogen-bond donors (Lipinski definition) is 9. The second kappa shape index (κ2) is 54.6. The Morgan fingerprint density at radius 2 is 0.759 bits per heavy atom. The number of ether oxygens (including phenoxy) is 4. The predicted molar refractivity (Wildman–Crippen MR) is 337 cm³/mol. The van der Waals surface area contributed by atoms with E-state index in [-0.39, 0.29) is 18.9 Å². The summed E-state index contributed by atoms with van der Waals surface area (Å²) in [5.74, 6) is -0.233. The highest BCUT2D eigenvalue weighted by Crippen LogP contribution is 2.30. The summed E-state index contributed by atoms with van der Waals surface area (Å²) in [4.78, 5) is 13.3. The summed E-state index contributed by atoms with van der Waals surface area (Å²) in [7, 11) is 0. The summed E-state index contributed by atoms with van der Waals surface area (Å²) in [5.41, 5.74) is 0. The highest BCUT2D eigenvalue weighted by atomic mass is 16.7. The minimum absolute atomic E-state index is 0.233. The summed E-state index contributed by atoms with van der Waals surface area (Å²) in [5, 5.41) is 87.3. The van der Waals surface area contributed by atoms with Crippen molar-refractivity contribution in [3.8, 4) is 0 Å². The number of unbranched alkanes of at least 4 members (excludes halogenated alkanes) is 43. The molecule has 2 saturated heterocycles. The molecule has 0 aromatic heterocycles. The lowest BCUT2D eigenvalue weighted by Crippen LogP contribution is -2.65. The number of aliphatic hydroxyl groups excluding tert-OH is 8. The maximum Gasteiger partial charge on any atom is 0.220 e. The van der Waals surface area contributed by atoms with Gasteiger partial charge in [0.1, 0.15) is 48.8 Å². The van der Waals surface area contributed by atoms with Gasteiger partial charge in [-0.05, 0) is 44.9 Å². The van der Waals surface area contributed by atoms with Crippen LogP contribution in [0.2, 0.25) is 0 Å². The molecule has 0 radical (unpaired) electrons. The van der Waals surface area contributed by atoms with Crippen LogP contribution in [0, 0.1) is 0 Å². The number of allylic oxidation sites excluding steroid dienone is 3. The van der Waals surface area contributed by atoms with E-state index in [2.05, 4.69) is 31.3 Å². The molecule has 14 heteroatoms. The number of aliphatic hydroxyl groups is 8. The smallest absolute Gasteiger partial charge is 0.220 e. The van der Waals surface area contributed by atoms with Gasteiger partial charge in [0.25, 0.3) is 0 Å². The van der Waals surface area contributed by atoms with Crippen LogP contribution in [0.1, 0.15) is 316 Å². The molecule has 2 rings (SSSR count). The lowest BCUT2D eigenvalue weighted by molar-refractivity contribution is -0.359. The number of amides is 1. The van der Waals surface area contributed by atoms with Gasteiger partial charge in [0.05, 0.1) is 32.0 Å². The molecule has 2 fully saturated rings. The van der Waals surface area contributed by atoms with Crippen LogP contribution >= 0.6 is 0 Å². The molecule has 2 aliphatic rings. The van der Waals surface area contributed by atoms with Gasteiger partial charge in [-0.15, -0.1) is 0 Å². The highest BCUT2D eigenvalue weighted by molar-refractivity contribution is 5.76. The van der Waals surface area contributed by atoms with Gasteiger partial charge in [0, 0.05) is 6.42 Å². The van der Waals surface area contributed by atoms with Crippen LogP contribution < -0.4 is 5.32 Å². The van der Waals surface area contributed by atoms with Crippen molar-refractivity contribution in [2.75, 3.05) is 19.8 Å². The van der Waals surface area contributed by atoms with Crippen LogP contribution in [0.5, 0.6) is 0 Å². The first kappa shape index (κ1) is 77.6. The predicted octanol–water partition coefficient (Wildman–Crippen LogP) is 14.0. The number of carbonyl (C=O) groups excluding carboxylic acids is 1. The van der Waals surface area contributed by atoms with E-state index in [1.165, 1.54) is 250 Å². The van der Waals surface area contributed by atoms with E-state index in [9.17, 15) is 45.6 Å². The zero-order chi connectivity index (χ0) is 60.2. The van der Waals surface area contributed by atoms with Gasteiger partial charge in [-0.1, -0.05) is 289 Å². The molecule has 12 unspecified atom stereocenters. The minimum atomic E-state index is -1.79. The Morgan fingerprint density at radius 1 is 0.422 bits per heavy atom. The molecule has 0 aromatic rings. The molecule has 14 nitrogen and oxygen atoms in total. The third-order valence-electron chi connectivity index (χ3n) is 17.4. The van der Waals surface area contributed by atoms with Gasteiger partial charge >= 0.3 is 0 Å². The Labute approximate surface area is 507 Å². The Kier molecular flexibility index (Phi) is 51.0. The van der Waals surface area contributed by atoms with Crippen LogP contribution in [0.25, 0.3) is 0 Å². The van der Waals surface area contributed by atoms with Crippen LogP contribution in [0.15, 0.2) is 24.3 Å². The molecular weight excluding hydrogens is 1050 g/mol.